The standard InChI is InChI=1S/C15H21NO3/c1-11(2)15(19)16-13(8-9-14(17)18)10-12-6-4-3-5-7-12/h3-7,11,13H,8-10H2,1-2H3,(H,16,19)(H,17,18). The van der Waals surface area contributed by atoms with Gasteiger partial charge in [-0.2, -0.15) is 0 Å². The predicted octanol–water partition coefficient (Wildman–Crippen LogP) is 2.23. The topological polar surface area (TPSA) is 66.4 Å². The SMILES string of the molecule is CC(C)C(=O)NC(CCC(=O)O)Cc1ccccc1. The van der Waals surface area contributed by atoms with Crippen molar-refractivity contribution >= 4 is 11.9 Å². The molecule has 104 valence electrons. The number of amides is 1. The van der Waals surface area contributed by atoms with Gasteiger partial charge in [-0.3, -0.25) is 9.59 Å². The molecule has 1 amide bonds. The van der Waals surface area contributed by atoms with Crippen LogP contribution in [0.1, 0.15) is 32.3 Å². The lowest BCUT2D eigenvalue weighted by Crippen LogP contribution is -2.39. The maximum atomic E-state index is 11.7. The number of benzene rings is 1. The third-order valence-electron chi connectivity index (χ3n) is 2.90. The predicted molar refractivity (Wildman–Crippen MR) is 73.8 cm³/mol. The van der Waals surface area contributed by atoms with Gasteiger partial charge in [0, 0.05) is 18.4 Å². The smallest absolute Gasteiger partial charge is 0.303 e. The van der Waals surface area contributed by atoms with E-state index in [9.17, 15) is 9.59 Å². The molecule has 4 nitrogen and oxygen atoms in total. The van der Waals surface area contributed by atoms with Crippen LogP contribution < -0.4 is 5.32 Å². The zero-order valence-electron chi connectivity index (χ0n) is 11.4. The zero-order valence-corrected chi connectivity index (χ0v) is 11.4. The molecule has 0 radical (unpaired) electrons. The van der Waals surface area contributed by atoms with E-state index in [0.29, 0.717) is 12.8 Å². The van der Waals surface area contributed by atoms with E-state index >= 15 is 0 Å². The van der Waals surface area contributed by atoms with E-state index in [0.717, 1.165) is 5.56 Å². The molecule has 0 saturated heterocycles. The Labute approximate surface area is 113 Å². The van der Waals surface area contributed by atoms with Crippen molar-refractivity contribution in [3.63, 3.8) is 0 Å². The second-order valence-corrected chi connectivity index (χ2v) is 4.98. The number of carboxylic acid groups (broad SMARTS) is 1. The molecule has 4 heteroatoms. The highest BCUT2D eigenvalue weighted by atomic mass is 16.4. The highest BCUT2D eigenvalue weighted by molar-refractivity contribution is 5.78. The van der Waals surface area contributed by atoms with Crippen molar-refractivity contribution in [2.45, 2.75) is 39.2 Å². The van der Waals surface area contributed by atoms with Gasteiger partial charge in [0.1, 0.15) is 0 Å². The maximum absolute atomic E-state index is 11.7. The van der Waals surface area contributed by atoms with Gasteiger partial charge in [0.25, 0.3) is 0 Å². The molecule has 0 saturated carbocycles. The van der Waals surface area contributed by atoms with Crippen molar-refractivity contribution in [2.24, 2.45) is 5.92 Å². The van der Waals surface area contributed by atoms with Gasteiger partial charge < -0.3 is 10.4 Å². The van der Waals surface area contributed by atoms with Gasteiger partial charge in [0.15, 0.2) is 0 Å². The number of hydrogen-bond donors (Lipinski definition) is 2. The van der Waals surface area contributed by atoms with Gasteiger partial charge in [-0.05, 0) is 18.4 Å². The highest BCUT2D eigenvalue weighted by Gasteiger charge is 2.16. The Balaban J connectivity index is 2.63. The first-order valence-corrected chi connectivity index (χ1v) is 6.55. The summed E-state index contributed by atoms with van der Waals surface area (Å²) in [5.74, 6) is -0.966. The minimum Gasteiger partial charge on any atom is -0.481 e. The average molecular weight is 263 g/mol. The normalized spacial score (nSPS) is 12.2. The number of carboxylic acids is 1. The summed E-state index contributed by atoms with van der Waals surface area (Å²) in [6.07, 6.45) is 1.17. The Morgan fingerprint density at radius 3 is 2.37 bits per heavy atom. The Bertz CT molecular complexity index is 415. The van der Waals surface area contributed by atoms with E-state index in [-0.39, 0.29) is 24.3 Å². The molecule has 1 atom stereocenters. The van der Waals surface area contributed by atoms with Crippen LogP contribution in [0.3, 0.4) is 0 Å². The van der Waals surface area contributed by atoms with E-state index in [1.165, 1.54) is 0 Å². The summed E-state index contributed by atoms with van der Waals surface area (Å²) in [6.45, 7) is 3.65. The minimum absolute atomic E-state index is 0.0358. The van der Waals surface area contributed by atoms with Crippen LogP contribution in [0.15, 0.2) is 30.3 Å². The van der Waals surface area contributed by atoms with Crippen LogP contribution in [-0.2, 0) is 16.0 Å². The Kier molecular flexibility index (Phi) is 6.06. The van der Waals surface area contributed by atoms with Crippen LogP contribution in [0.4, 0.5) is 0 Å². The van der Waals surface area contributed by atoms with Crippen LogP contribution in [0, 0.1) is 5.92 Å². The second kappa shape index (κ2) is 7.56. The lowest BCUT2D eigenvalue weighted by molar-refractivity contribution is -0.137. The molecular weight excluding hydrogens is 242 g/mol. The van der Waals surface area contributed by atoms with Crippen molar-refractivity contribution in [2.75, 3.05) is 0 Å². The molecular formula is C15H21NO3. The lowest BCUT2D eigenvalue weighted by atomic mass is 10.0. The summed E-state index contributed by atoms with van der Waals surface area (Å²) in [4.78, 5) is 22.4. The summed E-state index contributed by atoms with van der Waals surface area (Å²) in [5.41, 5.74) is 1.10. The molecule has 0 aliphatic heterocycles. The summed E-state index contributed by atoms with van der Waals surface area (Å²) >= 11 is 0. The number of hydrogen-bond acceptors (Lipinski definition) is 2. The minimum atomic E-state index is -0.836. The van der Waals surface area contributed by atoms with E-state index < -0.39 is 5.97 Å². The number of aliphatic carboxylic acids is 1. The van der Waals surface area contributed by atoms with Gasteiger partial charge in [0.05, 0.1) is 0 Å². The van der Waals surface area contributed by atoms with Crippen LogP contribution in [-0.4, -0.2) is 23.0 Å². The number of nitrogens with one attached hydrogen (secondary N) is 1. The molecule has 0 fully saturated rings. The fraction of sp³-hybridized carbons (Fsp3) is 0.467. The number of carbonyl (C=O) groups is 2. The molecule has 19 heavy (non-hydrogen) atoms. The Morgan fingerprint density at radius 2 is 1.84 bits per heavy atom. The van der Waals surface area contributed by atoms with Gasteiger partial charge in [-0.25, -0.2) is 0 Å². The highest BCUT2D eigenvalue weighted by Crippen LogP contribution is 2.09. The second-order valence-electron chi connectivity index (χ2n) is 4.98. The Hall–Kier alpha value is -1.84. The van der Waals surface area contributed by atoms with Gasteiger partial charge in [0.2, 0.25) is 5.91 Å². The van der Waals surface area contributed by atoms with E-state index in [1.54, 1.807) is 0 Å². The third kappa shape index (κ3) is 6.04. The average Bonchev–Trinajstić information content (AvgIpc) is 2.37. The lowest BCUT2D eigenvalue weighted by Gasteiger charge is -2.19. The molecule has 0 bridgehead atoms. The molecule has 0 aliphatic carbocycles. The first kappa shape index (κ1) is 15.2. The van der Waals surface area contributed by atoms with E-state index in [4.69, 9.17) is 5.11 Å². The largest absolute Gasteiger partial charge is 0.481 e. The van der Waals surface area contributed by atoms with Crippen LogP contribution >= 0.6 is 0 Å². The molecule has 2 N–H and O–H groups in total. The van der Waals surface area contributed by atoms with Gasteiger partial charge in [-0.15, -0.1) is 0 Å². The van der Waals surface area contributed by atoms with Gasteiger partial charge >= 0.3 is 5.97 Å². The molecule has 0 spiro atoms. The van der Waals surface area contributed by atoms with Crippen molar-refractivity contribution in [3.8, 4) is 0 Å². The first-order chi connectivity index (χ1) is 8.99. The zero-order chi connectivity index (χ0) is 14.3. The van der Waals surface area contributed by atoms with Crippen LogP contribution in [0.5, 0.6) is 0 Å². The molecule has 0 aliphatic rings. The molecule has 1 aromatic carbocycles. The van der Waals surface area contributed by atoms with Gasteiger partial charge in [-0.1, -0.05) is 44.2 Å². The van der Waals surface area contributed by atoms with Crippen LogP contribution in [0.25, 0.3) is 0 Å². The molecule has 1 rings (SSSR count). The van der Waals surface area contributed by atoms with Crippen molar-refractivity contribution in [1.29, 1.82) is 0 Å². The molecule has 1 unspecified atom stereocenters. The van der Waals surface area contributed by atoms with Crippen molar-refractivity contribution in [1.82, 2.24) is 5.32 Å². The van der Waals surface area contributed by atoms with E-state index in [1.807, 2.05) is 44.2 Å². The molecule has 1 aromatic rings. The van der Waals surface area contributed by atoms with Crippen molar-refractivity contribution < 1.29 is 14.7 Å². The molecule has 0 heterocycles. The number of carbonyl (C=O) groups excluding carboxylic acids is 1. The molecule has 0 aromatic heterocycles. The fourth-order valence-corrected chi connectivity index (χ4v) is 1.79. The summed E-state index contributed by atoms with van der Waals surface area (Å²) in [6, 6.07) is 9.64. The summed E-state index contributed by atoms with van der Waals surface area (Å²) in [7, 11) is 0. The summed E-state index contributed by atoms with van der Waals surface area (Å²) in [5, 5.41) is 11.7. The maximum Gasteiger partial charge on any atom is 0.303 e. The first-order valence-electron chi connectivity index (χ1n) is 6.55. The Morgan fingerprint density at radius 1 is 1.21 bits per heavy atom. The van der Waals surface area contributed by atoms with E-state index in [2.05, 4.69) is 5.32 Å². The fourth-order valence-electron chi connectivity index (χ4n) is 1.79. The van der Waals surface area contributed by atoms with Crippen molar-refractivity contribution in [3.05, 3.63) is 35.9 Å². The summed E-state index contributed by atoms with van der Waals surface area (Å²) < 4.78 is 0. The third-order valence-corrected chi connectivity index (χ3v) is 2.90. The monoisotopic (exact) mass is 263 g/mol. The quantitative estimate of drug-likeness (QED) is 0.792. The van der Waals surface area contributed by atoms with Crippen LogP contribution in [0.2, 0.25) is 0 Å². The number of rotatable bonds is 7.